The molecule has 7 heteroatoms. The van der Waals surface area contributed by atoms with Crippen LogP contribution in [0, 0.1) is 10.1 Å². The molecule has 0 unspecified atom stereocenters. The first-order valence-corrected chi connectivity index (χ1v) is 5.20. The fraction of sp³-hybridized carbons (Fsp3) is 0.0833. The molecule has 0 spiro atoms. The summed E-state index contributed by atoms with van der Waals surface area (Å²) < 4.78 is 14.8. The average Bonchev–Trinajstić information content (AvgIpc) is 2.86. The zero-order valence-corrected chi connectivity index (χ0v) is 9.86. The molecule has 98 valence electrons. The number of furan rings is 1. The number of nitrogens with zero attached hydrogens (tertiary/aromatic N) is 1. The fourth-order valence-electron chi connectivity index (χ4n) is 1.36. The van der Waals surface area contributed by atoms with Crippen molar-refractivity contribution in [2.45, 2.75) is 0 Å². The molecule has 0 atom stereocenters. The third kappa shape index (κ3) is 2.89. The van der Waals surface area contributed by atoms with Gasteiger partial charge >= 0.3 is 5.97 Å². The number of nitro groups is 1. The van der Waals surface area contributed by atoms with Crippen molar-refractivity contribution in [3.63, 3.8) is 0 Å². The number of rotatable bonds is 4. The van der Waals surface area contributed by atoms with E-state index in [-0.39, 0.29) is 23.1 Å². The predicted molar refractivity (Wildman–Crippen MR) is 63.2 cm³/mol. The van der Waals surface area contributed by atoms with Crippen LogP contribution < -0.4 is 4.74 Å². The second kappa shape index (κ2) is 5.21. The van der Waals surface area contributed by atoms with Crippen LogP contribution >= 0.6 is 0 Å². The molecule has 0 aliphatic heterocycles. The molecule has 2 rings (SSSR count). The number of benzene rings is 1. The van der Waals surface area contributed by atoms with Crippen LogP contribution in [0.3, 0.4) is 0 Å². The summed E-state index contributed by atoms with van der Waals surface area (Å²) in [5.74, 6) is -0.363. The number of nitro benzene ring substituents is 1. The van der Waals surface area contributed by atoms with Crippen LogP contribution in [0.15, 0.2) is 40.8 Å². The molecule has 0 saturated heterocycles. The minimum absolute atomic E-state index is 0.0112. The van der Waals surface area contributed by atoms with Crippen molar-refractivity contribution >= 4 is 11.7 Å². The zero-order valence-electron chi connectivity index (χ0n) is 9.86. The van der Waals surface area contributed by atoms with E-state index in [1.807, 2.05) is 0 Å². The Morgan fingerprint density at radius 3 is 2.79 bits per heavy atom. The van der Waals surface area contributed by atoms with Crippen LogP contribution in [0.4, 0.5) is 5.69 Å². The van der Waals surface area contributed by atoms with Gasteiger partial charge in [0, 0.05) is 12.1 Å². The Morgan fingerprint density at radius 1 is 1.32 bits per heavy atom. The van der Waals surface area contributed by atoms with E-state index in [0.717, 1.165) is 0 Å². The van der Waals surface area contributed by atoms with Crippen molar-refractivity contribution < 1.29 is 23.6 Å². The monoisotopic (exact) mass is 263 g/mol. The van der Waals surface area contributed by atoms with Crippen LogP contribution in [0.25, 0.3) is 0 Å². The first-order chi connectivity index (χ1) is 9.10. The highest BCUT2D eigenvalue weighted by molar-refractivity contribution is 5.86. The first-order valence-electron chi connectivity index (χ1n) is 5.20. The van der Waals surface area contributed by atoms with E-state index in [4.69, 9.17) is 9.15 Å². The van der Waals surface area contributed by atoms with E-state index in [0.29, 0.717) is 0 Å². The van der Waals surface area contributed by atoms with Crippen LogP contribution in [-0.2, 0) is 4.74 Å². The Morgan fingerprint density at radius 2 is 2.11 bits per heavy atom. The minimum atomic E-state index is -0.631. The molecular formula is C12H9NO6. The van der Waals surface area contributed by atoms with Crippen molar-refractivity contribution in [2.24, 2.45) is 0 Å². The number of non-ortho nitro benzene ring substituents is 1. The maximum atomic E-state index is 11.2. The average molecular weight is 263 g/mol. The lowest BCUT2D eigenvalue weighted by molar-refractivity contribution is -0.384. The Bertz CT molecular complexity index is 618. The van der Waals surface area contributed by atoms with E-state index in [9.17, 15) is 14.9 Å². The summed E-state index contributed by atoms with van der Waals surface area (Å²) >= 11 is 0. The third-order valence-electron chi connectivity index (χ3n) is 2.21. The third-order valence-corrected chi connectivity index (χ3v) is 2.21. The van der Waals surface area contributed by atoms with Gasteiger partial charge in [-0.2, -0.15) is 0 Å². The zero-order chi connectivity index (χ0) is 13.8. The summed E-state index contributed by atoms with van der Waals surface area (Å²) in [5, 5.41) is 10.6. The summed E-state index contributed by atoms with van der Waals surface area (Å²) in [6, 6.07) is 8.42. The molecule has 0 N–H and O–H groups in total. The molecule has 1 aromatic carbocycles. The smallest absolute Gasteiger partial charge is 0.374 e. The van der Waals surface area contributed by atoms with Crippen LogP contribution in [0.1, 0.15) is 10.6 Å². The molecule has 0 saturated carbocycles. The molecule has 0 amide bonds. The minimum Gasteiger partial charge on any atom is -0.463 e. The molecule has 7 nitrogen and oxygen atoms in total. The Kier molecular flexibility index (Phi) is 3.46. The van der Waals surface area contributed by atoms with Gasteiger partial charge in [0.15, 0.2) is 0 Å². The van der Waals surface area contributed by atoms with Gasteiger partial charge in [-0.25, -0.2) is 4.79 Å². The number of esters is 1. The molecule has 1 aromatic heterocycles. The van der Waals surface area contributed by atoms with Gasteiger partial charge in [0.1, 0.15) is 5.75 Å². The first kappa shape index (κ1) is 12.6. The molecule has 0 fully saturated rings. The topological polar surface area (TPSA) is 91.8 Å². The number of carbonyl (C=O) groups is 1. The number of ether oxygens (including phenoxy) is 2. The normalized spacial score (nSPS) is 9.95. The summed E-state index contributed by atoms with van der Waals surface area (Å²) in [6.07, 6.45) is 0. The van der Waals surface area contributed by atoms with Gasteiger partial charge in [0.25, 0.3) is 11.6 Å². The lowest BCUT2D eigenvalue weighted by Gasteiger charge is -2.01. The Hall–Kier alpha value is -2.83. The SMILES string of the molecule is COC(=O)c1ccc(Oc2cccc([N+](=O)[O-])c2)o1. The quantitative estimate of drug-likeness (QED) is 0.478. The van der Waals surface area contributed by atoms with Crippen molar-refractivity contribution in [1.82, 2.24) is 0 Å². The van der Waals surface area contributed by atoms with E-state index in [1.165, 1.54) is 43.5 Å². The van der Waals surface area contributed by atoms with Crippen molar-refractivity contribution in [1.29, 1.82) is 0 Å². The number of hydrogen-bond donors (Lipinski definition) is 0. The van der Waals surface area contributed by atoms with Crippen LogP contribution in [0.5, 0.6) is 11.7 Å². The van der Waals surface area contributed by atoms with E-state index in [1.54, 1.807) is 0 Å². The lowest BCUT2D eigenvalue weighted by Crippen LogP contribution is -1.98. The van der Waals surface area contributed by atoms with Crippen LogP contribution in [0.2, 0.25) is 0 Å². The molecule has 0 aliphatic rings. The second-order valence-corrected chi connectivity index (χ2v) is 3.47. The van der Waals surface area contributed by atoms with Gasteiger partial charge < -0.3 is 13.9 Å². The highest BCUT2D eigenvalue weighted by atomic mass is 16.6. The predicted octanol–water partition coefficient (Wildman–Crippen LogP) is 2.77. The Labute approximate surface area is 107 Å². The van der Waals surface area contributed by atoms with E-state index in [2.05, 4.69) is 4.74 Å². The summed E-state index contributed by atoms with van der Waals surface area (Å²) in [7, 11) is 1.23. The largest absolute Gasteiger partial charge is 0.463 e. The van der Waals surface area contributed by atoms with Crippen molar-refractivity contribution in [2.75, 3.05) is 7.11 Å². The Balaban J connectivity index is 2.17. The van der Waals surface area contributed by atoms with Crippen LogP contribution in [-0.4, -0.2) is 18.0 Å². The summed E-state index contributed by atoms with van der Waals surface area (Å²) in [4.78, 5) is 21.2. The van der Waals surface area contributed by atoms with Crippen molar-refractivity contribution in [3.05, 3.63) is 52.3 Å². The van der Waals surface area contributed by atoms with E-state index < -0.39 is 10.9 Å². The highest BCUT2D eigenvalue weighted by Crippen LogP contribution is 2.26. The summed E-state index contributed by atoms with van der Waals surface area (Å²) in [6.45, 7) is 0. The number of methoxy groups -OCH3 is 1. The summed E-state index contributed by atoms with van der Waals surface area (Å²) in [5.41, 5.74) is -0.0998. The second-order valence-electron chi connectivity index (χ2n) is 3.47. The number of carbonyl (C=O) groups excluding carboxylic acids is 1. The molecule has 0 aliphatic carbocycles. The van der Waals surface area contributed by atoms with Crippen molar-refractivity contribution in [3.8, 4) is 11.7 Å². The fourth-order valence-corrected chi connectivity index (χ4v) is 1.36. The molecular weight excluding hydrogens is 254 g/mol. The molecule has 2 aromatic rings. The van der Waals surface area contributed by atoms with Gasteiger partial charge in [0.05, 0.1) is 18.1 Å². The maximum absolute atomic E-state index is 11.2. The van der Waals surface area contributed by atoms with Gasteiger partial charge in [-0.1, -0.05) is 6.07 Å². The number of hydrogen-bond acceptors (Lipinski definition) is 6. The molecule has 1 heterocycles. The van der Waals surface area contributed by atoms with Gasteiger partial charge in [-0.15, -0.1) is 0 Å². The van der Waals surface area contributed by atoms with Gasteiger partial charge in [-0.3, -0.25) is 10.1 Å². The molecule has 0 bridgehead atoms. The van der Waals surface area contributed by atoms with Gasteiger partial charge in [-0.05, 0) is 12.1 Å². The molecule has 0 radical (unpaired) electrons. The van der Waals surface area contributed by atoms with E-state index >= 15 is 0 Å². The lowest BCUT2D eigenvalue weighted by atomic mass is 10.3. The standard InChI is InChI=1S/C12H9NO6/c1-17-12(14)10-5-6-11(19-10)18-9-4-2-3-8(7-9)13(15)16/h2-7H,1H3. The maximum Gasteiger partial charge on any atom is 0.374 e. The van der Waals surface area contributed by atoms with Gasteiger partial charge in [0.2, 0.25) is 5.76 Å². The molecule has 19 heavy (non-hydrogen) atoms. The highest BCUT2D eigenvalue weighted by Gasteiger charge is 2.13.